The molecule has 5 rings (SSSR count). The van der Waals surface area contributed by atoms with E-state index in [1.165, 1.54) is 0 Å². The molecule has 2 aromatic carbocycles. The van der Waals surface area contributed by atoms with Gasteiger partial charge in [0, 0.05) is 50.5 Å². The van der Waals surface area contributed by atoms with E-state index in [0.717, 1.165) is 24.2 Å². The molecule has 2 fully saturated rings. The maximum Gasteiger partial charge on any atom is 0.335 e. The lowest BCUT2D eigenvalue weighted by atomic mass is 10.1. The molecule has 1 aromatic heterocycles. The molecule has 6 N–H and O–H groups in total. The Morgan fingerprint density at radius 2 is 1.11 bits per heavy atom. The monoisotopic (exact) mass is 871 g/mol. The Hall–Kier alpha value is -2.59. The van der Waals surface area contributed by atoms with Gasteiger partial charge < -0.3 is 39.6 Å². The summed E-state index contributed by atoms with van der Waals surface area (Å²) in [6.45, 7) is 7.65. The molecule has 0 aliphatic carbocycles. The average Bonchev–Trinajstić information content (AvgIpc) is 3.10. The molecule has 3 heterocycles. The number of carbonyl (C=O) groups excluding carboxylic acids is 1. The van der Waals surface area contributed by atoms with E-state index in [-0.39, 0.29) is 31.1 Å². The van der Waals surface area contributed by atoms with Gasteiger partial charge in [0.25, 0.3) is 0 Å². The Morgan fingerprint density at radius 3 is 1.63 bits per heavy atom. The number of fused-ring (bicyclic) bond motifs is 3. The van der Waals surface area contributed by atoms with Crippen LogP contribution in [0.5, 0.6) is 0 Å². The number of benzene rings is 2. The molecule has 2 aliphatic rings. The molecule has 23 heteroatoms. The molecule has 2 bridgehead atoms. The second kappa shape index (κ2) is 20.1. The fraction of sp³-hybridized carbons (Fsp3) is 0.559. The minimum Gasteiger partial charge on any atom is -0.344 e. The molecule has 57 heavy (non-hydrogen) atoms. The van der Waals surface area contributed by atoms with Gasteiger partial charge in [0.1, 0.15) is 11.8 Å². The molecule has 19 nitrogen and oxygen atoms in total. The van der Waals surface area contributed by atoms with Gasteiger partial charge in [-0.25, -0.2) is 0 Å². The summed E-state index contributed by atoms with van der Waals surface area (Å²) in [7, 11) is -16.8. The molecular formula is C34H53N9O10P4. The molecule has 0 radical (unpaired) electrons. The van der Waals surface area contributed by atoms with Crippen LogP contribution in [0.15, 0.2) is 48.5 Å². The van der Waals surface area contributed by atoms with Gasteiger partial charge in [-0.15, -0.1) is 20.4 Å². The highest BCUT2D eigenvalue weighted by Crippen LogP contribution is 2.59. The Balaban J connectivity index is 1.09. The van der Waals surface area contributed by atoms with Crippen LogP contribution in [0.4, 0.5) is 5.69 Å². The van der Waals surface area contributed by atoms with E-state index in [4.69, 9.17) is 0 Å². The third kappa shape index (κ3) is 16.2. The minimum absolute atomic E-state index is 0.110. The van der Waals surface area contributed by atoms with Crippen LogP contribution < -0.4 is 5.32 Å². The second-order valence-electron chi connectivity index (χ2n) is 14.9. The Labute approximate surface area is 332 Å². The van der Waals surface area contributed by atoms with Crippen LogP contribution in [-0.2, 0) is 35.6 Å². The van der Waals surface area contributed by atoms with E-state index in [2.05, 4.69) is 35.5 Å². The maximum atomic E-state index is 13.5. The Morgan fingerprint density at radius 1 is 0.614 bits per heavy atom. The molecule has 5 unspecified atom stereocenters. The summed E-state index contributed by atoms with van der Waals surface area (Å²) in [4.78, 5) is 71.5. The number of rotatable bonds is 14. The van der Waals surface area contributed by atoms with E-state index in [9.17, 15) is 47.5 Å². The first-order valence-corrected chi connectivity index (χ1v) is 26.6. The first-order chi connectivity index (χ1) is 26.8. The lowest BCUT2D eigenvalue weighted by molar-refractivity contribution is -0.115. The molecule has 2 saturated heterocycles. The van der Waals surface area contributed by atoms with Gasteiger partial charge in [-0.2, -0.15) is 0 Å². The molecule has 0 saturated carbocycles. The van der Waals surface area contributed by atoms with Gasteiger partial charge >= 0.3 is 7.60 Å². The van der Waals surface area contributed by atoms with Gasteiger partial charge in [0.2, 0.25) is 33.8 Å². The van der Waals surface area contributed by atoms with Crippen molar-refractivity contribution in [3.63, 3.8) is 0 Å². The molecule has 3 aromatic rings. The summed E-state index contributed by atoms with van der Waals surface area (Å²) in [6, 6.07) is 13.6. The predicted octanol–water partition coefficient (Wildman–Crippen LogP) is 2.76. The van der Waals surface area contributed by atoms with E-state index in [0.29, 0.717) is 88.1 Å². The second-order valence-corrected chi connectivity index (χ2v) is 24.5. The Kier molecular flexibility index (Phi) is 16.1. The summed E-state index contributed by atoms with van der Waals surface area (Å²) in [6.07, 6.45) is 0.642. The van der Waals surface area contributed by atoms with Gasteiger partial charge in [-0.05, 0) is 69.2 Å². The number of hydrogen-bond donors (Lipinski definition) is 6. The topological polar surface area (TPSA) is 263 Å². The number of aryl methyl sites for hydroxylation is 1. The van der Waals surface area contributed by atoms with Crippen LogP contribution in [0.2, 0.25) is 0 Å². The van der Waals surface area contributed by atoms with Gasteiger partial charge in [-0.3, -0.25) is 32.9 Å². The van der Waals surface area contributed by atoms with Crippen molar-refractivity contribution in [1.29, 1.82) is 0 Å². The highest BCUT2D eigenvalue weighted by molar-refractivity contribution is 7.74. The first kappa shape index (κ1) is 45.5. The number of anilines is 1. The molecule has 314 valence electrons. The third-order valence-corrected chi connectivity index (χ3v) is 18.9. The highest BCUT2D eigenvalue weighted by Gasteiger charge is 2.34. The minimum atomic E-state index is -4.64. The fourth-order valence-electron chi connectivity index (χ4n) is 7.00. The smallest absolute Gasteiger partial charge is 0.335 e. The number of hydrogen-bond acceptors (Lipinski definition) is 13. The number of nitrogens with one attached hydrogen (secondary N) is 1. The average molecular weight is 872 g/mol. The van der Waals surface area contributed by atoms with E-state index in [1.807, 2.05) is 4.90 Å². The van der Waals surface area contributed by atoms with Crippen molar-refractivity contribution in [2.24, 2.45) is 0 Å². The lowest BCUT2D eigenvalue weighted by Gasteiger charge is -2.36. The summed E-state index contributed by atoms with van der Waals surface area (Å²) >= 11 is 0. The van der Waals surface area contributed by atoms with Gasteiger partial charge in [-0.1, -0.05) is 36.4 Å². The van der Waals surface area contributed by atoms with Crippen LogP contribution >= 0.6 is 29.7 Å². The van der Waals surface area contributed by atoms with Gasteiger partial charge in [0.15, 0.2) is 5.82 Å². The van der Waals surface area contributed by atoms with Crippen LogP contribution in [0.3, 0.4) is 0 Å². The van der Waals surface area contributed by atoms with E-state index in [1.54, 1.807) is 60.4 Å². The Bertz CT molecular complexity index is 1990. The van der Waals surface area contributed by atoms with Crippen LogP contribution in [-0.4, -0.2) is 160 Å². The van der Waals surface area contributed by atoms with Crippen molar-refractivity contribution in [3.8, 4) is 11.4 Å². The zero-order valence-electron chi connectivity index (χ0n) is 32.0. The number of amides is 1. The van der Waals surface area contributed by atoms with Crippen molar-refractivity contribution in [2.45, 2.75) is 32.3 Å². The predicted molar refractivity (Wildman–Crippen MR) is 217 cm³/mol. The van der Waals surface area contributed by atoms with Crippen LogP contribution in [0.1, 0.15) is 29.8 Å². The van der Waals surface area contributed by atoms with Crippen molar-refractivity contribution in [3.05, 3.63) is 65.5 Å². The van der Waals surface area contributed by atoms with Gasteiger partial charge in [0.05, 0.1) is 25.2 Å². The first-order valence-electron chi connectivity index (χ1n) is 18.7. The summed E-state index contributed by atoms with van der Waals surface area (Å²) in [5.41, 5.74) is 2.48. The summed E-state index contributed by atoms with van der Waals surface area (Å²) in [5.74, 6) is -1.17. The zero-order chi connectivity index (χ0) is 41.3. The molecule has 5 atom stereocenters. The lowest BCUT2D eigenvalue weighted by Crippen LogP contribution is -2.47. The fourth-order valence-corrected chi connectivity index (χ4v) is 15.8. The normalized spacial score (nSPS) is 22.4. The number of carbonyl (C=O) groups is 1. The third-order valence-electron chi connectivity index (χ3n) is 9.61. The van der Waals surface area contributed by atoms with Crippen molar-refractivity contribution in [2.75, 3.05) is 95.1 Å². The summed E-state index contributed by atoms with van der Waals surface area (Å²) in [5, 5.41) is 18.7. The zero-order valence-corrected chi connectivity index (χ0v) is 35.6. The van der Waals surface area contributed by atoms with Crippen molar-refractivity contribution < 1.29 is 47.5 Å². The molecule has 0 spiro atoms. The molecular weight excluding hydrogens is 818 g/mol. The molecule has 1 amide bonds. The van der Waals surface area contributed by atoms with Crippen LogP contribution in [0, 0.1) is 6.92 Å². The highest BCUT2D eigenvalue weighted by atomic mass is 31.2. The largest absolute Gasteiger partial charge is 0.344 e. The SMILES string of the molecule is Cc1nnc(-c2ccc(CC(=O)Nc3ccc(CP(=O)(O)CP(=O)(O)CN4CCCN5CCN(CCCN(CP(=O)(O)CP(=O)(O)O)CC5)CC4)cc3)cc2)nn1. The maximum absolute atomic E-state index is 13.5. The van der Waals surface area contributed by atoms with Crippen LogP contribution in [0.25, 0.3) is 11.4 Å². The quantitative estimate of drug-likeness (QED) is 0.127. The molecule has 2 aliphatic heterocycles. The number of aromatic nitrogens is 4. The van der Waals surface area contributed by atoms with Crippen molar-refractivity contribution >= 4 is 41.3 Å². The van der Waals surface area contributed by atoms with E-state index >= 15 is 0 Å². The standard InChI is InChI=1S/C34H53N9O10P4/c1-28-36-38-34(39-37-28)31-8-4-29(5-9-31)22-33(44)35-32-10-6-30(7-11-32)23-54(45,46)26-55(47,48)24-42-14-2-12-41-17-16-40(18-20-42)13-3-15-43(21-19-41)25-56(49,50)27-57(51,52)53/h4-11H,2-3,12-27H2,1H3,(H,35,44)(H,45,46)(H,47,48)(H,49,50)(H2,51,52,53). The summed E-state index contributed by atoms with van der Waals surface area (Å²) < 4.78 is 50.8. The van der Waals surface area contributed by atoms with E-state index < -0.39 is 41.5 Å². The van der Waals surface area contributed by atoms with Crippen molar-refractivity contribution in [1.82, 2.24) is 40.0 Å². The number of nitrogens with zero attached hydrogens (tertiary/aromatic N) is 8.